The van der Waals surface area contributed by atoms with E-state index in [9.17, 15) is 24.6 Å². The molecule has 27 heavy (non-hydrogen) atoms. The number of imide groups is 1. The van der Waals surface area contributed by atoms with Gasteiger partial charge in [-0.3, -0.25) is 14.4 Å². The summed E-state index contributed by atoms with van der Waals surface area (Å²) in [5.41, 5.74) is 0.561. The molecule has 2 heterocycles. The molecule has 10 nitrogen and oxygen atoms in total. The van der Waals surface area contributed by atoms with Gasteiger partial charge >= 0.3 is 5.97 Å². The molecule has 1 aromatic carbocycles. The fourth-order valence-electron chi connectivity index (χ4n) is 2.37. The number of ether oxygens (including phenoxy) is 1. The van der Waals surface area contributed by atoms with Crippen LogP contribution in [0.3, 0.4) is 0 Å². The fraction of sp³-hybridized carbons (Fsp3) is 0.235. The molecule has 0 radical (unpaired) electrons. The van der Waals surface area contributed by atoms with Crippen LogP contribution in [-0.4, -0.2) is 57.6 Å². The van der Waals surface area contributed by atoms with Gasteiger partial charge in [-0.25, -0.2) is 4.79 Å². The van der Waals surface area contributed by atoms with Crippen molar-refractivity contribution in [2.75, 3.05) is 19.8 Å². The lowest BCUT2D eigenvalue weighted by Gasteiger charge is -2.13. The van der Waals surface area contributed by atoms with Gasteiger partial charge in [-0.2, -0.15) is 0 Å². The molecule has 0 bridgehead atoms. The lowest BCUT2D eigenvalue weighted by molar-refractivity contribution is -0.147. The zero-order valence-corrected chi connectivity index (χ0v) is 14.0. The Kier molecular flexibility index (Phi) is 5.38. The number of amides is 2. The average Bonchev–Trinajstić information content (AvgIpc) is 3.10. The van der Waals surface area contributed by atoms with Crippen molar-refractivity contribution in [1.82, 2.24) is 9.79 Å². The lowest BCUT2D eigenvalue weighted by Crippen LogP contribution is -2.31. The van der Waals surface area contributed by atoms with Crippen LogP contribution in [0.4, 0.5) is 0 Å². The van der Waals surface area contributed by atoms with E-state index in [0.29, 0.717) is 9.79 Å². The Balaban J connectivity index is 1.35. The highest BCUT2D eigenvalue weighted by Crippen LogP contribution is 2.22. The first kappa shape index (κ1) is 18.4. The van der Waals surface area contributed by atoms with Crippen LogP contribution < -0.4 is 4.84 Å². The van der Waals surface area contributed by atoms with E-state index in [1.54, 1.807) is 24.3 Å². The van der Waals surface area contributed by atoms with E-state index in [2.05, 4.69) is 0 Å². The number of aromatic nitrogens is 1. The molecule has 0 atom stereocenters. The maximum absolute atomic E-state index is 12.1. The van der Waals surface area contributed by atoms with E-state index in [0.717, 1.165) is 12.1 Å². The second-order valence-electron chi connectivity index (χ2n) is 5.45. The van der Waals surface area contributed by atoms with Gasteiger partial charge in [0, 0.05) is 12.1 Å². The molecule has 0 saturated carbocycles. The van der Waals surface area contributed by atoms with Gasteiger partial charge < -0.3 is 19.8 Å². The summed E-state index contributed by atoms with van der Waals surface area (Å²) in [5.74, 6) is -2.65. The van der Waals surface area contributed by atoms with Crippen LogP contribution >= 0.6 is 0 Å². The van der Waals surface area contributed by atoms with E-state index in [1.807, 2.05) is 0 Å². The number of hydrogen-bond donors (Lipinski definition) is 2. The standard InChI is InChI=1S/C17H16N2O8/c20-13-5-6-14(21)18(13)27-15(22)7-8-25-9-10-26-19-16(23)11-3-1-2-4-12(11)17(19)24/h1-6,20-21H,7-10H2. The molecule has 142 valence electrons. The smallest absolute Gasteiger partial charge is 0.335 e. The minimum Gasteiger partial charge on any atom is -0.492 e. The first-order chi connectivity index (χ1) is 13.0. The van der Waals surface area contributed by atoms with E-state index in [4.69, 9.17) is 14.4 Å². The van der Waals surface area contributed by atoms with E-state index < -0.39 is 29.5 Å². The second kappa shape index (κ2) is 7.89. The number of aromatic hydroxyl groups is 2. The maximum atomic E-state index is 12.1. The van der Waals surface area contributed by atoms with Gasteiger partial charge in [-0.15, -0.1) is 9.79 Å². The van der Waals surface area contributed by atoms with Gasteiger partial charge in [0.15, 0.2) is 0 Å². The summed E-state index contributed by atoms with van der Waals surface area (Å²) < 4.78 is 5.76. The molecule has 2 amide bonds. The first-order valence-corrected chi connectivity index (χ1v) is 7.98. The van der Waals surface area contributed by atoms with Crippen molar-refractivity contribution in [2.24, 2.45) is 0 Å². The zero-order chi connectivity index (χ0) is 19.4. The Morgan fingerprint density at radius 3 is 2.07 bits per heavy atom. The quantitative estimate of drug-likeness (QED) is 0.503. The van der Waals surface area contributed by atoms with Crippen LogP contribution in [-0.2, 0) is 14.4 Å². The third-order valence-corrected chi connectivity index (χ3v) is 3.65. The largest absolute Gasteiger partial charge is 0.492 e. The molecular weight excluding hydrogens is 360 g/mol. The molecule has 0 saturated heterocycles. The highest BCUT2D eigenvalue weighted by atomic mass is 16.7. The molecule has 3 rings (SSSR count). The van der Waals surface area contributed by atoms with Crippen LogP contribution in [0.1, 0.15) is 27.1 Å². The van der Waals surface area contributed by atoms with Crippen molar-refractivity contribution in [3.05, 3.63) is 47.5 Å². The molecule has 10 heteroatoms. The molecule has 2 N–H and O–H groups in total. The number of nitrogens with zero attached hydrogens (tertiary/aromatic N) is 2. The Hall–Kier alpha value is -3.37. The average molecular weight is 376 g/mol. The summed E-state index contributed by atoms with van der Waals surface area (Å²) in [6, 6.07) is 8.72. The van der Waals surface area contributed by atoms with Crippen LogP contribution in [0.5, 0.6) is 11.8 Å². The van der Waals surface area contributed by atoms with Crippen molar-refractivity contribution in [3.63, 3.8) is 0 Å². The number of rotatable bonds is 8. The van der Waals surface area contributed by atoms with Crippen molar-refractivity contribution < 1.29 is 39.0 Å². The number of carbonyl (C=O) groups is 3. The van der Waals surface area contributed by atoms with Crippen LogP contribution in [0, 0.1) is 0 Å². The molecule has 1 aromatic heterocycles. The molecular formula is C17H16N2O8. The van der Waals surface area contributed by atoms with E-state index in [1.165, 1.54) is 0 Å². The predicted molar refractivity (Wildman–Crippen MR) is 87.7 cm³/mol. The topological polar surface area (TPSA) is 128 Å². The monoisotopic (exact) mass is 376 g/mol. The lowest BCUT2D eigenvalue weighted by atomic mass is 10.1. The van der Waals surface area contributed by atoms with Gasteiger partial charge in [0.2, 0.25) is 11.8 Å². The Labute approximate surface area is 153 Å². The van der Waals surface area contributed by atoms with Gasteiger partial charge in [-0.05, 0) is 12.1 Å². The molecule has 2 aromatic rings. The highest BCUT2D eigenvalue weighted by Gasteiger charge is 2.36. The molecule has 0 unspecified atom stereocenters. The summed E-state index contributed by atoms with van der Waals surface area (Å²) in [6.07, 6.45) is -0.149. The number of hydrogen-bond acceptors (Lipinski definition) is 8. The van der Waals surface area contributed by atoms with Crippen LogP contribution in [0.25, 0.3) is 0 Å². The molecule has 0 aliphatic carbocycles. The van der Waals surface area contributed by atoms with E-state index in [-0.39, 0.29) is 37.4 Å². The maximum Gasteiger partial charge on any atom is 0.335 e. The Morgan fingerprint density at radius 2 is 1.48 bits per heavy atom. The van der Waals surface area contributed by atoms with Crippen molar-refractivity contribution in [2.45, 2.75) is 6.42 Å². The predicted octanol–water partition coefficient (Wildman–Crippen LogP) is 0.489. The third kappa shape index (κ3) is 3.91. The number of fused-ring (bicyclic) bond motifs is 1. The van der Waals surface area contributed by atoms with Crippen molar-refractivity contribution >= 4 is 17.8 Å². The minimum atomic E-state index is -0.738. The highest BCUT2D eigenvalue weighted by molar-refractivity contribution is 6.20. The SMILES string of the molecule is O=C(CCOCCON1C(=O)c2ccccc2C1=O)On1c(O)ccc1O. The van der Waals surface area contributed by atoms with Gasteiger partial charge in [0.05, 0.1) is 37.4 Å². The van der Waals surface area contributed by atoms with Gasteiger partial charge in [-0.1, -0.05) is 12.1 Å². The summed E-state index contributed by atoms with van der Waals surface area (Å²) >= 11 is 0. The minimum absolute atomic E-state index is 0.0207. The normalized spacial score (nSPS) is 13.1. The summed E-state index contributed by atoms with van der Waals surface area (Å²) in [5, 5.41) is 19.4. The molecule has 1 aliphatic heterocycles. The molecule has 0 spiro atoms. The van der Waals surface area contributed by atoms with Gasteiger partial charge in [0.1, 0.15) is 0 Å². The molecule has 0 fully saturated rings. The van der Waals surface area contributed by atoms with Crippen LogP contribution in [0.2, 0.25) is 0 Å². The van der Waals surface area contributed by atoms with Crippen LogP contribution in [0.15, 0.2) is 36.4 Å². The fourth-order valence-corrected chi connectivity index (χ4v) is 2.37. The Morgan fingerprint density at radius 1 is 0.889 bits per heavy atom. The summed E-state index contributed by atoms with van der Waals surface area (Å²) in [6.45, 7) is -0.0620. The third-order valence-electron chi connectivity index (χ3n) is 3.65. The first-order valence-electron chi connectivity index (χ1n) is 7.98. The second-order valence-corrected chi connectivity index (χ2v) is 5.45. The van der Waals surface area contributed by atoms with Crippen molar-refractivity contribution in [1.29, 1.82) is 0 Å². The zero-order valence-electron chi connectivity index (χ0n) is 14.0. The number of benzene rings is 1. The molecule has 1 aliphatic rings. The number of hydroxylamine groups is 2. The Bertz CT molecular complexity index is 821. The van der Waals surface area contributed by atoms with Crippen molar-refractivity contribution in [3.8, 4) is 11.8 Å². The van der Waals surface area contributed by atoms with E-state index >= 15 is 0 Å². The summed E-state index contributed by atoms with van der Waals surface area (Å²) in [7, 11) is 0. The number of carbonyl (C=O) groups excluding carboxylic acids is 3. The van der Waals surface area contributed by atoms with Gasteiger partial charge in [0.25, 0.3) is 11.8 Å². The summed E-state index contributed by atoms with van der Waals surface area (Å²) in [4.78, 5) is 45.6.